The molecular formula is C35H52INO14. The van der Waals surface area contributed by atoms with Crippen LogP contribution >= 0.6 is 0 Å². The standard InChI is InChI=1S/C35H52INO14/c1-31(2,3)48-27(40)37(28(41)49-32(4,5)6)23(26(38)39)15-20-16-24(46-29(42)50-33(7,8)9)25(47-30(43)51-34(10,11)12)17-22(20)36-21-18-44-35(13,14)45-19-21/h16-17,21,23H,15,18-19H2,1-14H3. The van der Waals surface area contributed by atoms with E-state index >= 15 is 0 Å². The molecule has 2 amide bonds. The van der Waals surface area contributed by atoms with Gasteiger partial charge in [-0.2, -0.15) is 0 Å². The van der Waals surface area contributed by atoms with Gasteiger partial charge in [0, 0.05) is 18.1 Å². The largest absolute Gasteiger partial charge is 0.548 e. The number of rotatable bonds is 8. The van der Waals surface area contributed by atoms with Crippen molar-refractivity contribution < 1.29 is 88.2 Å². The van der Waals surface area contributed by atoms with Crippen molar-refractivity contribution in [3.8, 4) is 11.5 Å². The molecule has 1 aromatic carbocycles. The minimum atomic E-state index is -1.97. The smallest absolute Gasteiger partial charge is 0.514 e. The van der Waals surface area contributed by atoms with Crippen LogP contribution in [0.3, 0.4) is 0 Å². The lowest BCUT2D eigenvalue weighted by molar-refractivity contribution is -0.676. The number of alkyl halides is 1. The number of benzene rings is 1. The number of aliphatic carboxylic acids is 1. The van der Waals surface area contributed by atoms with Crippen LogP contribution in [-0.2, 0) is 39.6 Å². The first-order valence-electron chi connectivity index (χ1n) is 16.3. The number of ether oxygens (including phenoxy) is 8. The van der Waals surface area contributed by atoms with Gasteiger partial charge in [-0.05, 0) is 103 Å². The normalized spacial score (nSPS) is 16.0. The molecular weight excluding hydrogens is 785 g/mol. The molecule has 0 aromatic heterocycles. The third-order valence-corrected chi connectivity index (χ3v) is 9.23. The summed E-state index contributed by atoms with van der Waals surface area (Å²) in [6.45, 7) is 23.2. The molecule has 0 aliphatic carbocycles. The third-order valence-electron chi connectivity index (χ3n) is 5.95. The van der Waals surface area contributed by atoms with Crippen molar-refractivity contribution in [2.24, 2.45) is 0 Å². The van der Waals surface area contributed by atoms with Crippen LogP contribution < -0.4 is 35.8 Å². The second kappa shape index (κ2) is 16.5. The maximum Gasteiger partial charge on any atom is 0.514 e. The van der Waals surface area contributed by atoms with Crippen LogP contribution in [0.1, 0.15) is 102 Å². The van der Waals surface area contributed by atoms with Crippen molar-refractivity contribution in [2.75, 3.05) is 13.2 Å². The molecule has 0 spiro atoms. The van der Waals surface area contributed by atoms with Crippen LogP contribution in [0.5, 0.6) is 11.5 Å². The van der Waals surface area contributed by atoms with E-state index in [1.54, 1.807) is 96.9 Å². The summed E-state index contributed by atoms with van der Waals surface area (Å²) in [5.74, 6) is -3.17. The molecule has 51 heavy (non-hydrogen) atoms. The molecule has 1 aromatic rings. The number of carbonyl (C=O) groups excluding carboxylic acids is 5. The van der Waals surface area contributed by atoms with E-state index < -0.39 is 92.3 Å². The summed E-state index contributed by atoms with van der Waals surface area (Å²) in [6.07, 6.45) is -5.37. The molecule has 1 unspecified atom stereocenters. The zero-order valence-corrected chi connectivity index (χ0v) is 34.1. The predicted molar refractivity (Wildman–Crippen MR) is 175 cm³/mol. The Kier molecular flexibility index (Phi) is 14.2. The molecule has 288 valence electrons. The molecule has 1 aliphatic rings. The van der Waals surface area contributed by atoms with Gasteiger partial charge in [0.2, 0.25) is 3.92 Å². The monoisotopic (exact) mass is 837 g/mol. The van der Waals surface area contributed by atoms with E-state index in [0.717, 1.165) is 0 Å². The molecule has 2 rings (SSSR count). The first-order chi connectivity index (χ1) is 22.9. The van der Waals surface area contributed by atoms with Crippen molar-refractivity contribution >= 4 is 30.5 Å². The van der Waals surface area contributed by atoms with Crippen molar-refractivity contribution in [3.05, 3.63) is 21.3 Å². The molecule has 0 N–H and O–H groups in total. The van der Waals surface area contributed by atoms with E-state index in [-0.39, 0.29) is 21.0 Å². The number of hydrogen-bond acceptors (Lipinski definition) is 14. The molecule has 15 nitrogen and oxygen atoms in total. The highest BCUT2D eigenvalue weighted by Gasteiger charge is 2.42. The highest BCUT2D eigenvalue weighted by atomic mass is 127. The van der Waals surface area contributed by atoms with Crippen LogP contribution in [0.4, 0.5) is 19.2 Å². The van der Waals surface area contributed by atoms with Crippen LogP contribution in [0.25, 0.3) is 0 Å². The average molecular weight is 838 g/mol. The van der Waals surface area contributed by atoms with Crippen molar-refractivity contribution in [1.82, 2.24) is 4.90 Å². The van der Waals surface area contributed by atoms with Gasteiger partial charge in [-0.15, -0.1) is 0 Å². The molecule has 1 aliphatic heterocycles. The third kappa shape index (κ3) is 15.8. The lowest BCUT2D eigenvalue weighted by atomic mass is 10.0. The molecule has 1 atom stereocenters. The van der Waals surface area contributed by atoms with Gasteiger partial charge in [-0.3, -0.25) is 0 Å². The fourth-order valence-corrected chi connectivity index (χ4v) is 6.96. The van der Waals surface area contributed by atoms with Crippen LogP contribution in [0.15, 0.2) is 12.1 Å². The zero-order chi connectivity index (χ0) is 39.3. The van der Waals surface area contributed by atoms with Crippen molar-refractivity contribution in [3.63, 3.8) is 0 Å². The molecule has 0 saturated carbocycles. The number of carbonyl (C=O) groups is 5. The van der Waals surface area contributed by atoms with Gasteiger partial charge in [-0.1, -0.05) is 0 Å². The highest BCUT2D eigenvalue weighted by molar-refractivity contribution is 5.93. The lowest BCUT2D eigenvalue weighted by Crippen LogP contribution is -3.66. The number of amides is 2. The zero-order valence-electron chi connectivity index (χ0n) is 32.0. The maximum absolute atomic E-state index is 13.4. The summed E-state index contributed by atoms with van der Waals surface area (Å²) < 4.78 is 44.5. The Morgan fingerprint density at radius 2 is 1.14 bits per heavy atom. The minimum absolute atomic E-state index is 0.170. The number of carboxylic acids is 1. The first kappa shape index (κ1) is 43.8. The quantitative estimate of drug-likeness (QED) is 0.122. The fourth-order valence-electron chi connectivity index (χ4n) is 4.06. The Hall–Kier alpha value is -3.38. The Balaban J connectivity index is 2.80. The summed E-state index contributed by atoms with van der Waals surface area (Å²) in [5, 5.41) is 12.8. The predicted octanol–water partition coefficient (Wildman–Crippen LogP) is 2.56. The SMILES string of the molecule is CC(C)(C)OC(=O)Oc1cc(CC(C(=O)[O-])N(C(=O)OC(C)(C)C)C(=O)OC(C)(C)C)c([I+]C2COC(C)(C)OC2)cc1OC(=O)OC(C)(C)C. The Bertz CT molecular complexity index is 1410. The lowest BCUT2D eigenvalue weighted by Gasteiger charge is -2.34. The van der Waals surface area contributed by atoms with E-state index in [0.29, 0.717) is 21.7 Å². The summed E-state index contributed by atoms with van der Waals surface area (Å²) in [5.41, 5.74) is -3.91. The molecule has 1 saturated heterocycles. The van der Waals surface area contributed by atoms with Gasteiger partial charge in [-0.25, -0.2) is 24.1 Å². The van der Waals surface area contributed by atoms with Gasteiger partial charge >= 0.3 is 45.7 Å². The van der Waals surface area contributed by atoms with Gasteiger partial charge in [0.25, 0.3) is 0 Å². The van der Waals surface area contributed by atoms with E-state index in [4.69, 9.17) is 37.9 Å². The second-order valence-corrected chi connectivity index (χ2v) is 19.7. The fraction of sp³-hybridized carbons (Fsp3) is 0.686. The van der Waals surface area contributed by atoms with Gasteiger partial charge in [0.1, 0.15) is 22.4 Å². The Morgan fingerprint density at radius 1 is 0.745 bits per heavy atom. The van der Waals surface area contributed by atoms with E-state index in [2.05, 4.69) is 0 Å². The van der Waals surface area contributed by atoms with Gasteiger partial charge in [0.15, 0.2) is 20.9 Å². The van der Waals surface area contributed by atoms with Gasteiger partial charge < -0.3 is 47.8 Å². The number of imide groups is 1. The first-order valence-corrected chi connectivity index (χ1v) is 18.6. The minimum Gasteiger partial charge on any atom is -0.548 e. The van der Waals surface area contributed by atoms with Crippen LogP contribution in [0, 0.1) is 3.57 Å². The topological polar surface area (TPSA) is 185 Å². The summed E-state index contributed by atoms with van der Waals surface area (Å²) >= 11 is -1.15. The molecule has 0 radical (unpaired) electrons. The van der Waals surface area contributed by atoms with Crippen molar-refractivity contribution in [1.29, 1.82) is 0 Å². The van der Waals surface area contributed by atoms with E-state index in [1.165, 1.54) is 12.1 Å². The Labute approximate surface area is 310 Å². The molecule has 1 heterocycles. The number of halogens is 1. The summed E-state index contributed by atoms with van der Waals surface area (Å²) in [4.78, 5) is 65.8. The number of carboxylic acid groups (broad SMARTS) is 1. The van der Waals surface area contributed by atoms with E-state index in [9.17, 15) is 29.1 Å². The highest BCUT2D eigenvalue weighted by Crippen LogP contribution is 2.32. The number of hydrogen-bond donors (Lipinski definition) is 0. The molecule has 1 fully saturated rings. The number of nitrogens with zero attached hydrogens (tertiary/aromatic N) is 1. The van der Waals surface area contributed by atoms with Crippen LogP contribution in [-0.4, -0.2) is 86.7 Å². The Morgan fingerprint density at radius 3 is 1.51 bits per heavy atom. The maximum atomic E-state index is 13.4. The van der Waals surface area contributed by atoms with Gasteiger partial charge in [0.05, 0.1) is 25.2 Å². The van der Waals surface area contributed by atoms with Crippen LogP contribution in [0.2, 0.25) is 0 Å². The van der Waals surface area contributed by atoms with E-state index in [1.807, 2.05) is 0 Å². The summed E-state index contributed by atoms with van der Waals surface area (Å²) in [6, 6.07) is 0.733. The average Bonchev–Trinajstić information content (AvgIpc) is 2.87. The second-order valence-electron chi connectivity index (χ2n) is 16.1. The summed E-state index contributed by atoms with van der Waals surface area (Å²) in [7, 11) is 0. The molecule has 16 heteroatoms. The molecule has 0 bridgehead atoms. The van der Waals surface area contributed by atoms with Crippen molar-refractivity contribution in [2.45, 2.75) is 142 Å².